The molecule has 1 aliphatic rings. The predicted octanol–water partition coefficient (Wildman–Crippen LogP) is 2.43. The van der Waals surface area contributed by atoms with Crippen LogP contribution in [0.3, 0.4) is 0 Å². The third-order valence-electron chi connectivity index (χ3n) is 3.81. The molecule has 1 fully saturated rings. The molecule has 0 spiro atoms. The molecule has 19 heavy (non-hydrogen) atoms. The van der Waals surface area contributed by atoms with E-state index in [4.69, 9.17) is 0 Å². The van der Waals surface area contributed by atoms with Gasteiger partial charge in [0, 0.05) is 25.3 Å². The lowest BCUT2D eigenvalue weighted by molar-refractivity contribution is 0.141. The molecule has 0 aliphatic carbocycles. The molecule has 1 saturated heterocycles. The maximum atomic E-state index is 13.1. The molecule has 2 rings (SSSR count). The Hall–Kier alpha value is -1.00. The van der Waals surface area contributed by atoms with Gasteiger partial charge < -0.3 is 5.32 Å². The zero-order valence-corrected chi connectivity index (χ0v) is 11.9. The van der Waals surface area contributed by atoms with Crippen molar-refractivity contribution in [1.82, 2.24) is 15.2 Å². The molecular formula is C15H24FN3. The summed E-state index contributed by atoms with van der Waals surface area (Å²) in [5.41, 5.74) is 0.965. The van der Waals surface area contributed by atoms with E-state index in [0.29, 0.717) is 12.0 Å². The first-order valence-electron chi connectivity index (χ1n) is 7.24. The standard InChI is InChI=1S/C15H24FN3/c1-3-5-18-15-4-6-19(10-12(15)2)11-13-7-14(16)9-17-8-13/h7-9,12,15,18H,3-6,10-11H2,1-2H3. The van der Waals surface area contributed by atoms with Crippen LogP contribution < -0.4 is 5.32 Å². The number of piperidine rings is 1. The van der Waals surface area contributed by atoms with Crippen molar-refractivity contribution in [2.45, 2.75) is 39.3 Å². The molecule has 4 heteroatoms. The van der Waals surface area contributed by atoms with Gasteiger partial charge in [0.05, 0.1) is 6.20 Å². The molecule has 0 radical (unpaired) electrons. The molecule has 106 valence electrons. The fourth-order valence-electron chi connectivity index (χ4n) is 2.81. The number of aromatic nitrogens is 1. The first-order valence-corrected chi connectivity index (χ1v) is 7.24. The predicted molar refractivity (Wildman–Crippen MR) is 75.3 cm³/mol. The van der Waals surface area contributed by atoms with E-state index in [1.165, 1.54) is 19.0 Å². The van der Waals surface area contributed by atoms with Crippen molar-refractivity contribution in [3.63, 3.8) is 0 Å². The minimum absolute atomic E-state index is 0.245. The fraction of sp³-hybridized carbons (Fsp3) is 0.667. The van der Waals surface area contributed by atoms with Crippen LogP contribution in [-0.2, 0) is 6.54 Å². The van der Waals surface area contributed by atoms with Crippen molar-refractivity contribution in [3.8, 4) is 0 Å². The number of nitrogens with one attached hydrogen (secondary N) is 1. The number of hydrogen-bond acceptors (Lipinski definition) is 3. The van der Waals surface area contributed by atoms with Gasteiger partial charge in [0.1, 0.15) is 5.82 Å². The molecule has 1 aromatic heterocycles. The normalized spacial score (nSPS) is 24.6. The SMILES string of the molecule is CCCNC1CCN(Cc2cncc(F)c2)CC1C. The average molecular weight is 265 g/mol. The lowest BCUT2D eigenvalue weighted by atomic mass is 9.93. The molecule has 1 N–H and O–H groups in total. The number of halogens is 1. The van der Waals surface area contributed by atoms with Gasteiger partial charge in [0.2, 0.25) is 0 Å². The van der Waals surface area contributed by atoms with Crippen LogP contribution in [0.2, 0.25) is 0 Å². The second kappa shape index (κ2) is 6.96. The largest absolute Gasteiger partial charge is 0.314 e. The van der Waals surface area contributed by atoms with Gasteiger partial charge in [-0.3, -0.25) is 9.88 Å². The first-order chi connectivity index (χ1) is 9.19. The number of nitrogens with zero attached hydrogens (tertiary/aromatic N) is 2. The van der Waals surface area contributed by atoms with E-state index in [9.17, 15) is 4.39 Å². The van der Waals surface area contributed by atoms with E-state index in [1.807, 2.05) is 0 Å². The highest BCUT2D eigenvalue weighted by Crippen LogP contribution is 2.19. The fourth-order valence-corrected chi connectivity index (χ4v) is 2.81. The van der Waals surface area contributed by atoms with Crippen LogP contribution in [0.15, 0.2) is 18.5 Å². The number of pyridine rings is 1. The summed E-state index contributed by atoms with van der Waals surface area (Å²) < 4.78 is 13.1. The van der Waals surface area contributed by atoms with Gasteiger partial charge in [-0.2, -0.15) is 0 Å². The highest BCUT2D eigenvalue weighted by atomic mass is 19.1. The quantitative estimate of drug-likeness (QED) is 0.886. The maximum absolute atomic E-state index is 13.1. The number of likely N-dealkylation sites (tertiary alicyclic amines) is 1. The smallest absolute Gasteiger partial charge is 0.141 e. The van der Waals surface area contributed by atoms with Crippen LogP contribution in [-0.4, -0.2) is 35.6 Å². The van der Waals surface area contributed by atoms with Crippen LogP contribution in [0.1, 0.15) is 32.3 Å². The van der Waals surface area contributed by atoms with Crippen LogP contribution >= 0.6 is 0 Å². The molecule has 0 bridgehead atoms. The highest BCUT2D eigenvalue weighted by Gasteiger charge is 2.25. The lowest BCUT2D eigenvalue weighted by Crippen LogP contribution is -2.48. The van der Waals surface area contributed by atoms with Crippen molar-refractivity contribution < 1.29 is 4.39 Å². The summed E-state index contributed by atoms with van der Waals surface area (Å²) >= 11 is 0. The minimum Gasteiger partial charge on any atom is -0.314 e. The van der Waals surface area contributed by atoms with E-state index in [1.54, 1.807) is 12.3 Å². The van der Waals surface area contributed by atoms with Gasteiger partial charge in [-0.15, -0.1) is 0 Å². The molecule has 3 nitrogen and oxygen atoms in total. The van der Waals surface area contributed by atoms with Crippen molar-refractivity contribution in [2.24, 2.45) is 5.92 Å². The van der Waals surface area contributed by atoms with Crippen LogP contribution in [0, 0.1) is 11.7 Å². The monoisotopic (exact) mass is 265 g/mol. The van der Waals surface area contributed by atoms with Crippen molar-refractivity contribution >= 4 is 0 Å². The summed E-state index contributed by atoms with van der Waals surface area (Å²) in [6.07, 6.45) is 5.37. The topological polar surface area (TPSA) is 28.2 Å². The Balaban J connectivity index is 1.84. The van der Waals surface area contributed by atoms with Gasteiger partial charge in [0.15, 0.2) is 0 Å². The van der Waals surface area contributed by atoms with Gasteiger partial charge in [0.25, 0.3) is 0 Å². The Morgan fingerprint density at radius 1 is 1.47 bits per heavy atom. The average Bonchev–Trinajstić information content (AvgIpc) is 2.38. The maximum Gasteiger partial charge on any atom is 0.141 e. The number of rotatable bonds is 5. The van der Waals surface area contributed by atoms with Crippen molar-refractivity contribution in [3.05, 3.63) is 29.8 Å². The van der Waals surface area contributed by atoms with Gasteiger partial charge in [-0.05, 0) is 43.5 Å². The summed E-state index contributed by atoms with van der Waals surface area (Å²) in [4.78, 5) is 6.30. The Morgan fingerprint density at radius 3 is 3.00 bits per heavy atom. The summed E-state index contributed by atoms with van der Waals surface area (Å²) in [7, 11) is 0. The highest BCUT2D eigenvalue weighted by molar-refractivity contribution is 5.10. The van der Waals surface area contributed by atoms with Crippen molar-refractivity contribution in [1.29, 1.82) is 0 Å². The van der Waals surface area contributed by atoms with Crippen LogP contribution in [0.5, 0.6) is 0 Å². The van der Waals surface area contributed by atoms with Gasteiger partial charge in [-0.1, -0.05) is 13.8 Å². The Labute approximate surface area is 115 Å². The third-order valence-corrected chi connectivity index (χ3v) is 3.81. The lowest BCUT2D eigenvalue weighted by Gasteiger charge is -2.37. The molecule has 2 unspecified atom stereocenters. The zero-order chi connectivity index (χ0) is 13.7. The van der Waals surface area contributed by atoms with Gasteiger partial charge >= 0.3 is 0 Å². The Kier molecular flexibility index (Phi) is 5.28. The first kappa shape index (κ1) is 14.4. The summed E-state index contributed by atoms with van der Waals surface area (Å²) in [5, 5.41) is 3.62. The third kappa shape index (κ3) is 4.25. The second-order valence-electron chi connectivity index (χ2n) is 5.57. The van der Waals surface area contributed by atoms with Crippen LogP contribution in [0.25, 0.3) is 0 Å². The summed E-state index contributed by atoms with van der Waals surface area (Å²) in [6.45, 7) is 8.53. The molecular weight excluding hydrogens is 241 g/mol. The minimum atomic E-state index is -0.245. The van der Waals surface area contributed by atoms with E-state index in [-0.39, 0.29) is 5.82 Å². The molecule has 0 aromatic carbocycles. The second-order valence-corrected chi connectivity index (χ2v) is 5.57. The van der Waals surface area contributed by atoms with Crippen LogP contribution in [0.4, 0.5) is 4.39 Å². The van der Waals surface area contributed by atoms with E-state index < -0.39 is 0 Å². The molecule has 0 amide bonds. The van der Waals surface area contributed by atoms with E-state index in [2.05, 4.69) is 29.0 Å². The van der Waals surface area contributed by atoms with Crippen molar-refractivity contribution in [2.75, 3.05) is 19.6 Å². The zero-order valence-electron chi connectivity index (χ0n) is 11.9. The van der Waals surface area contributed by atoms with E-state index >= 15 is 0 Å². The van der Waals surface area contributed by atoms with Gasteiger partial charge in [-0.25, -0.2) is 4.39 Å². The molecule has 2 atom stereocenters. The molecule has 1 aliphatic heterocycles. The number of hydrogen-bond donors (Lipinski definition) is 1. The Bertz CT molecular complexity index is 397. The molecule has 0 saturated carbocycles. The molecule has 2 heterocycles. The summed E-state index contributed by atoms with van der Waals surface area (Å²) in [5.74, 6) is 0.395. The Morgan fingerprint density at radius 2 is 2.32 bits per heavy atom. The van der Waals surface area contributed by atoms with E-state index in [0.717, 1.165) is 31.7 Å². The summed E-state index contributed by atoms with van der Waals surface area (Å²) in [6, 6.07) is 2.21. The molecule has 1 aromatic rings.